The Morgan fingerprint density at radius 2 is 1.78 bits per heavy atom. The smallest absolute Gasteiger partial charge is 0.309 e. The highest BCUT2D eigenvalue weighted by molar-refractivity contribution is 5.79. The minimum absolute atomic E-state index is 0.107. The van der Waals surface area contributed by atoms with Crippen LogP contribution in [0.3, 0.4) is 0 Å². The number of phenolic OH excluding ortho intramolecular Hbond substituents is 2. The van der Waals surface area contributed by atoms with E-state index in [1.807, 2.05) is 0 Å². The predicted molar refractivity (Wildman–Crippen MR) is 138 cm³/mol. The molecule has 200 valence electrons. The summed E-state index contributed by atoms with van der Waals surface area (Å²) in [5.41, 5.74) is 2.13. The van der Waals surface area contributed by atoms with Crippen molar-refractivity contribution in [1.82, 2.24) is 0 Å². The van der Waals surface area contributed by atoms with Crippen molar-refractivity contribution in [3.63, 3.8) is 0 Å². The molecule has 37 heavy (non-hydrogen) atoms. The van der Waals surface area contributed by atoms with Gasteiger partial charge in [-0.1, -0.05) is 39.3 Å². The number of nitrogens with zero attached hydrogens (tertiary/aromatic N) is 1. The van der Waals surface area contributed by atoms with Crippen LogP contribution < -0.4 is 0 Å². The largest absolute Gasteiger partial charge is 0.504 e. The molecule has 5 aliphatic carbocycles. The van der Waals surface area contributed by atoms with Crippen LogP contribution in [-0.2, 0) is 10.2 Å². The maximum atomic E-state index is 12.4. The van der Waals surface area contributed by atoms with Crippen LogP contribution in [0.5, 0.6) is 11.5 Å². The van der Waals surface area contributed by atoms with Crippen molar-refractivity contribution in [3.05, 3.63) is 44.5 Å². The summed E-state index contributed by atoms with van der Waals surface area (Å²) in [6, 6.07) is 1.64. The average Bonchev–Trinajstić information content (AvgIpc) is 3.53. The third-order valence-corrected chi connectivity index (χ3v) is 12.6. The zero-order chi connectivity index (χ0) is 26.9. The van der Waals surface area contributed by atoms with Crippen molar-refractivity contribution in [2.75, 3.05) is 6.54 Å². The Bertz CT molecular complexity index is 1290. The fourth-order valence-corrected chi connectivity index (χ4v) is 10.2. The minimum atomic E-state index is -0.640. The summed E-state index contributed by atoms with van der Waals surface area (Å²) < 4.78 is 0. The summed E-state index contributed by atoms with van der Waals surface area (Å²) in [5.74, 6) is -0.951. The van der Waals surface area contributed by atoms with Crippen molar-refractivity contribution in [2.45, 2.75) is 90.9 Å². The van der Waals surface area contributed by atoms with Crippen molar-refractivity contribution in [1.29, 1.82) is 0 Å². The lowest BCUT2D eigenvalue weighted by atomic mass is 9.35. The van der Waals surface area contributed by atoms with Crippen LogP contribution in [0.2, 0.25) is 0 Å². The van der Waals surface area contributed by atoms with Crippen molar-refractivity contribution >= 4 is 5.97 Å². The molecule has 0 aromatic heterocycles. The molecule has 6 rings (SSSR count). The summed E-state index contributed by atoms with van der Waals surface area (Å²) in [4.78, 5) is 23.9. The summed E-state index contributed by atoms with van der Waals surface area (Å²) in [6.07, 6.45) is 8.37. The molecule has 0 heterocycles. The van der Waals surface area contributed by atoms with E-state index < -0.39 is 22.7 Å². The molecule has 8 atom stereocenters. The lowest BCUT2D eigenvalue weighted by Gasteiger charge is -2.69. The van der Waals surface area contributed by atoms with E-state index in [0.717, 1.165) is 56.1 Å². The normalized spacial score (nSPS) is 45.3. The van der Waals surface area contributed by atoms with Crippen molar-refractivity contribution in [2.24, 2.45) is 33.5 Å². The number of carbonyl (C=O) groups is 1. The number of phenols is 2. The highest BCUT2D eigenvalue weighted by Crippen LogP contribution is 2.79. The van der Waals surface area contributed by atoms with Crippen LogP contribution in [0.4, 0.5) is 0 Å². The average molecular weight is 510 g/mol. The maximum Gasteiger partial charge on any atom is 0.309 e. The number of carboxylic acids is 1. The number of aromatic hydroxyl groups is 2. The molecule has 1 unspecified atom stereocenters. The van der Waals surface area contributed by atoms with Crippen molar-refractivity contribution in [3.8, 4) is 11.5 Å². The molecule has 4 fully saturated rings. The van der Waals surface area contributed by atoms with Crippen LogP contribution >= 0.6 is 0 Å². The predicted octanol–water partition coefficient (Wildman–Crippen LogP) is 6.07. The van der Waals surface area contributed by atoms with E-state index in [1.165, 1.54) is 5.57 Å². The van der Waals surface area contributed by atoms with Gasteiger partial charge in [0.25, 0.3) is 0 Å². The standard InChI is InChI=1S/C30H39NO6/c1-16-23-17(15-31(36)37)10-21-27(3,19(23)11-20(32)24(16)33)7-9-29(5)22-14-30(25(34)35)13-18(30)12-26(22,2)6-8-28(21,29)4/h10-11,17-18,22,32-33H,6-9,12-15H2,1-5H3,(H,34,35)/t17-,18?,22+,26-,27-,28+,29-,30-/m0/s1. The summed E-state index contributed by atoms with van der Waals surface area (Å²) >= 11 is 0. The molecule has 0 spiro atoms. The van der Waals surface area contributed by atoms with E-state index in [4.69, 9.17) is 0 Å². The minimum Gasteiger partial charge on any atom is -0.504 e. The van der Waals surface area contributed by atoms with Gasteiger partial charge in [0.05, 0.1) is 11.3 Å². The maximum absolute atomic E-state index is 12.4. The third kappa shape index (κ3) is 2.86. The van der Waals surface area contributed by atoms with Crippen LogP contribution in [0.15, 0.2) is 17.7 Å². The van der Waals surface area contributed by atoms with Crippen LogP contribution in [-0.4, -0.2) is 32.8 Å². The molecule has 0 saturated heterocycles. The Morgan fingerprint density at radius 3 is 2.43 bits per heavy atom. The van der Waals surface area contributed by atoms with Gasteiger partial charge in [-0.05, 0) is 103 Å². The monoisotopic (exact) mass is 509 g/mol. The van der Waals surface area contributed by atoms with E-state index in [1.54, 1.807) is 13.0 Å². The Morgan fingerprint density at radius 1 is 1.08 bits per heavy atom. The summed E-state index contributed by atoms with van der Waals surface area (Å²) in [7, 11) is 0. The second-order valence-corrected chi connectivity index (χ2v) is 14.1. The first kappa shape index (κ1) is 24.7. The first-order valence-corrected chi connectivity index (χ1v) is 13.8. The highest BCUT2D eigenvalue weighted by atomic mass is 16.6. The highest BCUT2D eigenvalue weighted by Gasteiger charge is 2.73. The van der Waals surface area contributed by atoms with Gasteiger partial charge in [-0.15, -0.1) is 0 Å². The summed E-state index contributed by atoms with van der Waals surface area (Å²) in [5, 5.41) is 43.1. The van der Waals surface area contributed by atoms with Crippen molar-refractivity contribution < 1.29 is 25.0 Å². The van der Waals surface area contributed by atoms with E-state index in [0.29, 0.717) is 5.56 Å². The molecule has 4 saturated carbocycles. The van der Waals surface area contributed by atoms with Gasteiger partial charge in [0.2, 0.25) is 6.54 Å². The molecule has 3 N–H and O–H groups in total. The zero-order valence-corrected chi connectivity index (χ0v) is 22.6. The number of nitro groups is 1. The van der Waals surface area contributed by atoms with E-state index >= 15 is 0 Å². The molecule has 0 radical (unpaired) electrons. The molecule has 1 aromatic carbocycles. The molecule has 7 nitrogen and oxygen atoms in total. The van der Waals surface area contributed by atoms with Gasteiger partial charge in [-0.3, -0.25) is 14.9 Å². The molecular weight excluding hydrogens is 470 g/mol. The lowest BCUT2D eigenvalue weighted by molar-refractivity contribution is -0.481. The Balaban J connectivity index is 1.52. The first-order chi connectivity index (χ1) is 17.1. The van der Waals surface area contributed by atoms with Crippen LogP contribution in [0, 0.1) is 50.5 Å². The second-order valence-electron chi connectivity index (χ2n) is 14.1. The van der Waals surface area contributed by atoms with Gasteiger partial charge in [0.1, 0.15) is 0 Å². The quantitative estimate of drug-likeness (QED) is 0.197. The molecule has 0 amide bonds. The molecule has 1 aromatic rings. The molecule has 7 heteroatoms. The SMILES string of the molecule is Cc1c(O)c(O)cc2c1[C@H](C[N+](=O)[O-])C=C1[C@@]2(C)CC[C@@]2(C)[C@@H]3C[C@@]4(C(=O)O)CC4C[C@]3(C)CC[C@]12C. The van der Waals surface area contributed by atoms with Crippen LogP contribution in [0.1, 0.15) is 95.2 Å². The number of carboxylic acid groups (broad SMARTS) is 1. The van der Waals surface area contributed by atoms with Gasteiger partial charge in [0.15, 0.2) is 11.5 Å². The first-order valence-electron chi connectivity index (χ1n) is 13.8. The van der Waals surface area contributed by atoms with Gasteiger partial charge >= 0.3 is 5.97 Å². The Kier molecular flexibility index (Phi) is 4.74. The molecule has 0 aliphatic heterocycles. The van der Waals surface area contributed by atoms with Gasteiger partial charge in [0, 0.05) is 10.3 Å². The fourth-order valence-electron chi connectivity index (χ4n) is 10.2. The van der Waals surface area contributed by atoms with Gasteiger partial charge in [-0.2, -0.15) is 0 Å². The Labute approximate surface area is 218 Å². The fraction of sp³-hybridized carbons (Fsp3) is 0.700. The second kappa shape index (κ2) is 7.09. The number of fused-ring (bicyclic) bond motifs is 8. The number of benzene rings is 1. The lowest BCUT2D eigenvalue weighted by Crippen LogP contribution is -2.62. The third-order valence-electron chi connectivity index (χ3n) is 12.6. The number of rotatable bonds is 3. The van der Waals surface area contributed by atoms with E-state index in [2.05, 4.69) is 33.8 Å². The number of hydrogen-bond donors (Lipinski definition) is 3. The molecule has 5 aliphatic rings. The molecular formula is C30H39NO6. The summed E-state index contributed by atoms with van der Waals surface area (Å²) in [6.45, 7) is 10.7. The zero-order valence-electron chi connectivity index (χ0n) is 22.6. The Hall–Kier alpha value is -2.57. The topological polar surface area (TPSA) is 121 Å². The number of hydrogen-bond acceptors (Lipinski definition) is 5. The number of allylic oxidation sites excluding steroid dienone is 1. The van der Waals surface area contributed by atoms with Crippen LogP contribution in [0.25, 0.3) is 0 Å². The van der Waals surface area contributed by atoms with E-state index in [-0.39, 0.29) is 51.0 Å². The number of aliphatic carboxylic acids is 1. The van der Waals surface area contributed by atoms with Gasteiger partial charge in [-0.25, -0.2) is 0 Å². The molecule has 0 bridgehead atoms. The van der Waals surface area contributed by atoms with Gasteiger partial charge < -0.3 is 15.3 Å². The van der Waals surface area contributed by atoms with E-state index in [9.17, 15) is 30.2 Å².